The Morgan fingerprint density at radius 1 is 1.60 bits per heavy atom. The lowest BCUT2D eigenvalue weighted by molar-refractivity contribution is -0.0170. The van der Waals surface area contributed by atoms with Crippen molar-refractivity contribution in [1.82, 2.24) is 0 Å². The molecule has 4 heteroatoms. The highest BCUT2D eigenvalue weighted by atomic mass is 16.5. The minimum absolute atomic E-state index is 0.160. The summed E-state index contributed by atoms with van der Waals surface area (Å²) in [5, 5.41) is 17.8. The molecule has 1 aliphatic rings. The van der Waals surface area contributed by atoms with Gasteiger partial charge < -0.3 is 20.7 Å². The largest absolute Gasteiger partial charge is 0.394 e. The summed E-state index contributed by atoms with van der Waals surface area (Å²) in [6.07, 6.45) is -1.38. The predicted octanol–water partition coefficient (Wildman–Crippen LogP) is -1.55. The maximum absolute atomic E-state index is 9.22. The first-order valence-corrected chi connectivity index (χ1v) is 3.36. The van der Waals surface area contributed by atoms with Crippen molar-refractivity contribution in [2.24, 2.45) is 5.73 Å². The van der Waals surface area contributed by atoms with Gasteiger partial charge in [-0.25, -0.2) is 0 Å². The van der Waals surface area contributed by atoms with Crippen LogP contribution in [-0.2, 0) is 4.74 Å². The molecule has 1 aliphatic heterocycles. The number of rotatable bonds is 1. The molecule has 1 rings (SSSR count). The summed E-state index contributed by atoms with van der Waals surface area (Å²) in [6, 6.07) is -0.364. The summed E-state index contributed by atoms with van der Waals surface area (Å²) >= 11 is 0. The van der Waals surface area contributed by atoms with Crippen LogP contribution in [0.1, 0.15) is 6.92 Å². The third-order valence-corrected chi connectivity index (χ3v) is 1.89. The smallest absolute Gasteiger partial charge is 0.108 e. The summed E-state index contributed by atoms with van der Waals surface area (Å²) in [4.78, 5) is 0. The molecule has 1 heterocycles. The minimum Gasteiger partial charge on any atom is -0.394 e. The molecule has 0 aromatic carbocycles. The molecule has 1 fully saturated rings. The van der Waals surface area contributed by atoms with Crippen LogP contribution in [0, 0.1) is 0 Å². The van der Waals surface area contributed by atoms with Crippen LogP contribution in [-0.4, -0.2) is 41.2 Å². The molecular formula is C6H13NO3. The number of aliphatic hydroxyl groups is 2. The minimum atomic E-state index is -0.722. The summed E-state index contributed by atoms with van der Waals surface area (Å²) in [6.45, 7) is 1.61. The van der Waals surface area contributed by atoms with Gasteiger partial charge in [-0.15, -0.1) is 0 Å². The van der Waals surface area contributed by atoms with Crippen LogP contribution in [0.3, 0.4) is 0 Å². The van der Waals surface area contributed by atoms with E-state index in [4.69, 9.17) is 15.6 Å². The topological polar surface area (TPSA) is 75.7 Å². The van der Waals surface area contributed by atoms with Crippen molar-refractivity contribution in [2.45, 2.75) is 31.3 Å². The average molecular weight is 147 g/mol. The van der Waals surface area contributed by atoms with Crippen molar-refractivity contribution < 1.29 is 14.9 Å². The number of hydrogen-bond donors (Lipinski definition) is 3. The summed E-state index contributed by atoms with van der Waals surface area (Å²) in [5.74, 6) is 0. The molecule has 0 aliphatic carbocycles. The molecule has 4 nitrogen and oxygen atoms in total. The van der Waals surface area contributed by atoms with Crippen LogP contribution >= 0.6 is 0 Å². The van der Waals surface area contributed by atoms with E-state index in [9.17, 15) is 5.11 Å². The van der Waals surface area contributed by atoms with Crippen LogP contribution in [0.15, 0.2) is 0 Å². The number of hydrogen-bond acceptors (Lipinski definition) is 4. The van der Waals surface area contributed by atoms with E-state index < -0.39 is 12.2 Å². The fourth-order valence-electron chi connectivity index (χ4n) is 1.12. The molecule has 0 unspecified atom stereocenters. The molecule has 0 radical (unpaired) electrons. The van der Waals surface area contributed by atoms with E-state index >= 15 is 0 Å². The van der Waals surface area contributed by atoms with Gasteiger partial charge in [-0.05, 0) is 6.92 Å². The van der Waals surface area contributed by atoms with Crippen molar-refractivity contribution in [3.8, 4) is 0 Å². The van der Waals surface area contributed by atoms with Crippen molar-refractivity contribution >= 4 is 0 Å². The van der Waals surface area contributed by atoms with Gasteiger partial charge in [-0.3, -0.25) is 0 Å². The Morgan fingerprint density at radius 2 is 2.20 bits per heavy atom. The second-order valence-electron chi connectivity index (χ2n) is 2.63. The summed E-state index contributed by atoms with van der Waals surface area (Å²) in [5.41, 5.74) is 5.50. The molecule has 0 saturated carbocycles. The molecule has 0 amide bonds. The Labute approximate surface area is 59.6 Å². The predicted molar refractivity (Wildman–Crippen MR) is 35.4 cm³/mol. The number of nitrogens with two attached hydrogens (primary N) is 1. The highest BCUT2D eigenvalue weighted by molar-refractivity contribution is 4.90. The van der Waals surface area contributed by atoms with Gasteiger partial charge in [0.15, 0.2) is 0 Å². The Balaban J connectivity index is 2.53. The van der Waals surface area contributed by atoms with Gasteiger partial charge in [0, 0.05) is 0 Å². The fraction of sp³-hybridized carbons (Fsp3) is 1.00. The average Bonchev–Trinajstić information content (AvgIpc) is 2.17. The molecular weight excluding hydrogens is 134 g/mol. The molecule has 4 N–H and O–H groups in total. The molecule has 1 saturated heterocycles. The number of ether oxygens (including phenoxy) is 1. The highest BCUT2D eigenvalue weighted by Crippen LogP contribution is 2.18. The van der Waals surface area contributed by atoms with E-state index in [2.05, 4.69) is 0 Å². The fourth-order valence-corrected chi connectivity index (χ4v) is 1.12. The quantitative estimate of drug-likeness (QED) is 0.420. The van der Waals surface area contributed by atoms with Crippen molar-refractivity contribution in [2.75, 3.05) is 6.61 Å². The van der Waals surface area contributed by atoms with E-state index in [1.165, 1.54) is 0 Å². The standard InChI is InChI=1S/C6H13NO3/c1-3-5(7)6(9)4(2-8)10-3/h3-6,8-9H,2,7H2,1H3/t3-,4+,5-,6+/m1/s1. The van der Waals surface area contributed by atoms with Crippen LogP contribution in [0.2, 0.25) is 0 Å². The molecule has 10 heavy (non-hydrogen) atoms. The SMILES string of the molecule is C[C@H]1O[C@@H](CO)[C@H](O)[C@@H]1N. The normalized spacial score (nSPS) is 48.0. The molecule has 4 atom stereocenters. The monoisotopic (exact) mass is 147 g/mol. The molecule has 60 valence electrons. The van der Waals surface area contributed by atoms with Crippen molar-refractivity contribution in [3.63, 3.8) is 0 Å². The third kappa shape index (κ3) is 1.15. The van der Waals surface area contributed by atoms with E-state index in [0.29, 0.717) is 0 Å². The van der Waals surface area contributed by atoms with Crippen LogP contribution in [0.5, 0.6) is 0 Å². The van der Waals surface area contributed by atoms with Gasteiger partial charge in [0.2, 0.25) is 0 Å². The Kier molecular flexibility index (Phi) is 2.25. The zero-order valence-corrected chi connectivity index (χ0v) is 5.90. The maximum atomic E-state index is 9.22. The maximum Gasteiger partial charge on any atom is 0.108 e. The first-order valence-electron chi connectivity index (χ1n) is 3.36. The van der Waals surface area contributed by atoms with E-state index in [-0.39, 0.29) is 18.8 Å². The summed E-state index contributed by atoms with van der Waals surface area (Å²) < 4.78 is 5.11. The van der Waals surface area contributed by atoms with Gasteiger partial charge in [0.05, 0.1) is 24.9 Å². The van der Waals surface area contributed by atoms with Crippen molar-refractivity contribution in [3.05, 3.63) is 0 Å². The second kappa shape index (κ2) is 2.84. The Bertz CT molecular complexity index is 120. The zero-order chi connectivity index (χ0) is 7.72. The Hall–Kier alpha value is -0.160. The lowest BCUT2D eigenvalue weighted by Crippen LogP contribution is -2.40. The molecule has 0 aromatic rings. The van der Waals surface area contributed by atoms with E-state index in [1.54, 1.807) is 6.92 Å². The van der Waals surface area contributed by atoms with Gasteiger partial charge in [-0.1, -0.05) is 0 Å². The van der Waals surface area contributed by atoms with Crippen LogP contribution < -0.4 is 5.73 Å². The summed E-state index contributed by atoms with van der Waals surface area (Å²) in [7, 11) is 0. The third-order valence-electron chi connectivity index (χ3n) is 1.89. The van der Waals surface area contributed by atoms with Gasteiger partial charge in [-0.2, -0.15) is 0 Å². The van der Waals surface area contributed by atoms with Gasteiger partial charge in [0.25, 0.3) is 0 Å². The van der Waals surface area contributed by atoms with Crippen LogP contribution in [0.25, 0.3) is 0 Å². The van der Waals surface area contributed by atoms with Gasteiger partial charge >= 0.3 is 0 Å². The molecule has 0 spiro atoms. The Morgan fingerprint density at radius 3 is 2.40 bits per heavy atom. The zero-order valence-electron chi connectivity index (χ0n) is 5.90. The first-order chi connectivity index (χ1) is 4.66. The first kappa shape index (κ1) is 7.94. The second-order valence-corrected chi connectivity index (χ2v) is 2.63. The highest BCUT2D eigenvalue weighted by Gasteiger charge is 2.38. The number of aliphatic hydroxyl groups excluding tert-OH is 2. The van der Waals surface area contributed by atoms with Gasteiger partial charge in [0.1, 0.15) is 6.10 Å². The molecule has 0 bridgehead atoms. The van der Waals surface area contributed by atoms with E-state index in [0.717, 1.165) is 0 Å². The molecule has 0 aromatic heterocycles. The van der Waals surface area contributed by atoms with Crippen molar-refractivity contribution in [1.29, 1.82) is 0 Å². The van der Waals surface area contributed by atoms with E-state index in [1.807, 2.05) is 0 Å². The lowest BCUT2D eigenvalue weighted by Gasteiger charge is -2.11. The van der Waals surface area contributed by atoms with Crippen LogP contribution in [0.4, 0.5) is 0 Å². The lowest BCUT2D eigenvalue weighted by atomic mass is 10.1.